The highest BCUT2D eigenvalue weighted by Crippen LogP contribution is 2.26. The molecule has 2 amide bonds. The largest absolute Gasteiger partial charge is 0.354 e. The number of para-hydroxylation sites is 1. The van der Waals surface area contributed by atoms with Crippen LogP contribution in [0.3, 0.4) is 0 Å². The third-order valence-corrected chi connectivity index (χ3v) is 7.71. The lowest BCUT2D eigenvalue weighted by Crippen LogP contribution is -2.52. The molecule has 0 aliphatic carbocycles. The van der Waals surface area contributed by atoms with Crippen molar-refractivity contribution in [2.75, 3.05) is 23.9 Å². The molecule has 3 rings (SSSR count). The zero-order chi connectivity index (χ0) is 26.8. The molecule has 0 bridgehead atoms. The predicted octanol–water partition coefficient (Wildman–Crippen LogP) is 4.01. The topological polar surface area (TPSA) is 86.8 Å². The highest BCUT2D eigenvalue weighted by Gasteiger charge is 2.33. The van der Waals surface area contributed by atoms with Crippen molar-refractivity contribution in [1.82, 2.24) is 10.2 Å². The number of carbonyl (C=O) groups is 2. The quantitative estimate of drug-likeness (QED) is 0.387. The maximum atomic E-state index is 14.8. The molecule has 196 valence electrons. The SMILES string of the molecule is CCCNC(=O)[C@H](C)N(CCc1ccccc1)C(=O)CN(c1ccccc1F)S(=O)(=O)c1ccccc1. The summed E-state index contributed by atoms with van der Waals surface area (Å²) in [5.74, 6) is -1.73. The van der Waals surface area contributed by atoms with Crippen molar-refractivity contribution in [1.29, 1.82) is 0 Å². The van der Waals surface area contributed by atoms with E-state index in [4.69, 9.17) is 0 Å². The van der Waals surface area contributed by atoms with E-state index in [0.29, 0.717) is 13.0 Å². The molecule has 0 aliphatic heterocycles. The smallest absolute Gasteiger partial charge is 0.264 e. The van der Waals surface area contributed by atoms with Gasteiger partial charge in [-0.05, 0) is 49.6 Å². The lowest BCUT2D eigenvalue weighted by atomic mass is 10.1. The van der Waals surface area contributed by atoms with Gasteiger partial charge in [0.25, 0.3) is 10.0 Å². The zero-order valence-corrected chi connectivity index (χ0v) is 21.8. The number of nitrogens with zero attached hydrogens (tertiary/aromatic N) is 2. The molecule has 0 radical (unpaired) electrons. The summed E-state index contributed by atoms with van der Waals surface area (Å²) >= 11 is 0. The number of amides is 2. The third kappa shape index (κ3) is 7.16. The first-order valence-corrected chi connectivity index (χ1v) is 13.6. The summed E-state index contributed by atoms with van der Waals surface area (Å²) in [5.41, 5.74) is 0.718. The van der Waals surface area contributed by atoms with Crippen molar-refractivity contribution < 1.29 is 22.4 Å². The minimum atomic E-state index is -4.29. The second-order valence-electron chi connectivity index (χ2n) is 8.57. The fraction of sp³-hybridized carbons (Fsp3) is 0.286. The predicted molar refractivity (Wildman–Crippen MR) is 142 cm³/mol. The summed E-state index contributed by atoms with van der Waals surface area (Å²) in [4.78, 5) is 27.7. The van der Waals surface area contributed by atoms with E-state index >= 15 is 0 Å². The molecule has 37 heavy (non-hydrogen) atoms. The van der Waals surface area contributed by atoms with E-state index in [1.807, 2.05) is 37.3 Å². The Balaban J connectivity index is 1.96. The molecule has 7 nitrogen and oxygen atoms in total. The van der Waals surface area contributed by atoms with E-state index in [1.54, 1.807) is 25.1 Å². The molecule has 0 unspecified atom stereocenters. The highest BCUT2D eigenvalue weighted by molar-refractivity contribution is 7.92. The second kappa shape index (κ2) is 13.0. The number of sulfonamides is 1. The first-order chi connectivity index (χ1) is 17.8. The maximum absolute atomic E-state index is 14.8. The van der Waals surface area contributed by atoms with Gasteiger partial charge in [-0.25, -0.2) is 12.8 Å². The zero-order valence-electron chi connectivity index (χ0n) is 21.0. The summed E-state index contributed by atoms with van der Waals surface area (Å²) in [5, 5.41) is 2.79. The lowest BCUT2D eigenvalue weighted by Gasteiger charge is -2.32. The monoisotopic (exact) mass is 525 g/mol. The average Bonchev–Trinajstić information content (AvgIpc) is 2.91. The standard InChI is InChI=1S/C28H32FN3O4S/c1-3-19-30-28(34)22(2)31(20-18-23-12-6-4-7-13-23)27(33)21-32(26-17-11-10-16-25(26)29)37(35,36)24-14-8-5-9-15-24/h4-17,22H,3,18-21H2,1-2H3,(H,30,34)/t22-/m0/s1. The molecular formula is C28H32FN3O4S. The fourth-order valence-corrected chi connectivity index (χ4v) is 5.30. The number of anilines is 1. The Morgan fingerprint density at radius 2 is 1.51 bits per heavy atom. The third-order valence-electron chi connectivity index (χ3n) is 5.93. The first-order valence-electron chi connectivity index (χ1n) is 12.2. The molecule has 0 fully saturated rings. The molecular weight excluding hydrogens is 493 g/mol. The number of carbonyl (C=O) groups excluding carboxylic acids is 2. The Kier molecular flexibility index (Phi) is 9.79. The van der Waals surface area contributed by atoms with Crippen molar-refractivity contribution in [2.45, 2.75) is 37.6 Å². The molecule has 0 spiro atoms. The van der Waals surface area contributed by atoms with Crippen LogP contribution >= 0.6 is 0 Å². The highest BCUT2D eigenvalue weighted by atomic mass is 32.2. The minimum absolute atomic E-state index is 0.0735. The van der Waals surface area contributed by atoms with Crippen molar-refractivity contribution in [3.63, 3.8) is 0 Å². The van der Waals surface area contributed by atoms with Crippen LogP contribution in [0.4, 0.5) is 10.1 Å². The van der Waals surface area contributed by atoms with E-state index < -0.39 is 34.3 Å². The number of halogens is 1. The van der Waals surface area contributed by atoms with Gasteiger partial charge in [0.1, 0.15) is 18.4 Å². The number of hydrogen-bond acceptors (Lipinski definition) is 4. The second-order valence-corrected chi connectivity index (χ2v) is 10.4. The van der Waals surface area contributed by atoms with Gasteiger partial charge in [0, 0.05) is 13.1 Å². The Hall–Kier alpha value is -3.72. The van der Waals surface area contributed by atoms with Crippen LogP contribution in [0.1, 0.15) is 25.8 Å². The van der Waals surface area contributed by atoms with Gasteiger partial charge in [0.05, 0.1) is 10.6 Å². The van der Waals surface area contributed by atoms with Gasteiger partial charge in [0.15, 0.2) is 0 Å². The van der Waals surface area contributed by atoms with E-state index in [1.165, 1.54) is 35.2 Å². The first kappa shape index (κ1) is 27.9. The molecule has 0 saturated heterocycles. The Morgan fingerprint density at radius 1 is 0.919 bits per heavy atom. The molecule has 0 heterocycles. The molecule has 3 aromatic carbocycles. The molecule has 1 N–H and O–H groups in total. The number of benzene rings is 3. The lowest BCUT2D eigenvalue weighted by molar-refractivity contribution is -0.138. The van der Waals surface area contributed by atoms with Crippen molar-refractivity contribution in [3.05, 3.63) is 96.3 Å². The van der Waals surface area contributed by atoms with Crippen LogP contribution in [-0.2, 0) is 26.0 Å². The molecule has 3 aromatic rings. The van der Waals surface area contributed by atoms with Crippen LogP contribution < -0.4 is 9.62 Å². The van der Waals surface area contributed by atoms with E-state index in [2.05, 4.69) is 5.32 Å². The van der Waals surface area contributed by atoms with E-state index in [-0.39, 0.29) is 23.0 Å². The van der Waals surface area contributed by atoms with Gasteiger partial charge in [-0.1, -0.05) is 67.6 Å². The Bertz CT molecular complexity index is 1290. The molecule has 1 atom stereocenters. The minimum Gasteiger partial charge on any atom is -0.354 e. The van der Waals surface area contributed by atoms with Gasteiger partial charge < -0.3 is 10.2 Å². The molecule has 0 aliphatic rings. The van der Waals surface area contributed by atoms with Crippen molar-refractivity contribution in [2.24, 2.45) is 0 Å². The number of hydrogen-bond donors (Lipinski definition) is 1. The van der Waals surface area contributed by atoms with Crippen LogP contribution in [-0.4, -0.2) is 50.8 Å². The fourth-order valence-electron chi connectivity index (χ4n) is 3.85. The Morgan fingerprint density at radius 3 is 2.14 bits per heavy atom. The van der Waals surface area contributed by atoms with Gasteiger partial charge in [-0.15, -0.1) is 0 Å². The van der Waals surface area contributed by atoms with E-state index in [9.17, 15) is 22.4 Å². The van der Waals surface area contributed by atoms with Crippen LogP contribution in [0.2, 0.25) is 0 Å². The van der Waals surface area contributed by atoms with E-state index in [0.717, 1.165) is 22.4 Å². The van der Waals surface area contributed by atoms with Crippen LogP contribution in [0, 0.1) is 5.82 Å². The summed E-state index contributed by atoms with van der Waals surface area (Å²) in [6.45, 7) is 3.49. The maximum Gasteiger partial charge on any atom is 0.264 e. The van der Waals surface area contributed by atoms with Gasteiger partial charge in [-0.2, -0.15) is 0 Å². The Labute approximate surface area is 218 Å². The van der Waals surface area contributed by atoms with Gasteiger partial charge in [0.2, 0.25) is 11.8 Å². The normalized spacial score (nSPS) is 12.0. The molecule has 0 saturated carbocycles. The average molecular weight is 526 g/mol. The summed E-state index contributed by atoms with van der Waals surface area (Å²) < 4.78 is 42.8. The van der Waals surface area contributed by atoms with Gasteiger partial charge >= 0.3 is 0 Å². The van der Waals surface area contributed by atoms with Crippen molar-refractivity contribution >= 4 is 27.5 Å². The van der Waals surface area contributed by atoms with Crippen LogP contribution in [0.25, 0.3) is 0 Å². The summed E-state index contributed by atoms with van der Waals surface area (Å²) in [6, 6.07) is 21.6. The summed E-state index contributed by atoms with van der Waals surface area (Å²) in [6.07, 6.45) is 1.19. The number of nitrogens with one attached hydrogen (secondary N) is 1. The van der Waals surface area contributed by atoms with Crippen LogP contribution in [0.15, 0.2) is 89.8 Å². The van der Waals surface area contributed by atoms with Gasteiger partial charge in [-0.3, -0.25) is 13.9 Å². The van der Waals surface area contributed by atoms with Crippen LogP contribution in [0.5, 0.6) is 0 Å². The molecule has 0 aromatic heterocycles. The molecule has 9 heteroatoms. The summed E-state index contributed by atoms with van der Waals surface area (Å²) in [7, 11) is -4.29. The van der Waals surface area contributed by atoms with Crippen molar-refractivity contribution in [3.8, 4) is 0 Å². The number of rotatable bonds is 12.